The quantitative estimate of drug-likeness (QED) is 0.472. The Labute approximate surface area is 113 Å². The fourth-order valence-corrected chi connectivity index (χ4v) is 2.79. The summed E-state index contributed by atoms with van der Waals surface area (Å²) >= 11 is 0. The minimum Gasteiger partial charge on any atom is -0.313 e. The summed E-state index contributed by atoms with van der Waals surface area (Å²) in [6, 6.07) is 0.290. The number of sulfonamides is 1. The van der Waals surface area contributed by atoms with Crippen LogP contribution in [0, 0.1) is 23.3 Å². The highest BCUT2D eigenvalue weighted by molar-refractivity contribution is 7.89. The van der Waals surface area contributed by atoms with Crippen LogP contribution >= 0.6 is 0 Å². The van der Waals surface area contributed by atoms with Crippen LogP contribution in [-0.2, 0) is 10.0 Å². The van der Waals surface area contributed by atoms with Gasteiger partial charge in [-0.05, 0) is 12.8 Å². The van der Waals surface area contributed by atoms with Crippen molar-refractivity contribution in [3.63, 3.8) is 0 Å². The lowest BCUT2D eigenvalue weighted by atomic mass is 10.3. The van der Waals surface area contributed by atoms with Gasteiger partial charge in [-0.3, -0.25) is 0 Å². The predicted octanol–water partition coefficient (Wildman–Crippen LogP) is 1.27. The molecule has 0 aromatic heterocycles. The van der Waals surface area contributed by atoms with Gasteiger partial charge in [0.05, 0.1) is 0 Å². The molecule has 0 atom stereocenters. The molecule has 20 heavy (non-hydrogen) atoms. The molecule has 0 radical (unpaired) electrons. The van der Waals surface area contributed by atoms with Gasteiger partial charge in [0, 0.05) is 25.2 Å². The predicted molar refractivity (Wildman–Crippen MR) is 62.5 cm³/mol. The Kier molecular flexibility index (Phi) is 4.31. The molecular weight excluding hydrogens is 300 g/mol. The second-order valence-corrected chi connectivity index (χ2v) is 6.13. The minimum atomic E-state index is -4.66. The van der Waals surface area contributed by atoms with Crippen molar-refractivity contribution in [2.24, 2.45) is 0 Å². The van der Waals surface area contributed by atoms with Crippen molar-refractivity contribution in [2.75, 3.05) is 13.1 Å². The van der Waals surface area contributed by atoms with Crippen LogP contribution < -0.4 is 10.0 Å². The van der Waals surface area contributed by atoms with E-state index in [4.69, 9.17) is 0 Å². The molecule has 1 fully saturated rings. The van der Waals surface area contributed by atoms with Crippen LogP contribution in [0.1, 0.15) is 12.8 Å². The molecule has 112 valence electrons. The van der Waals surface area contributed by atoms with Crippen molar-refractivity contribution >= 4 is 10.0 Å². The second-order valence-electron chi connectivity index (χ2n) is 4.42. The average Bonchev–Trinajstić information content (AvgIpc) is 3.16. The number of rotatable bonds is 6. The van der Waals surface area contributed by atoms with E-state index in [1.54, 1.807) is 0 Å². The Morgan fingerprint density at radius 2 is 1.60 bits per heavy atom. The lowest BCUT2D eigenvalue weighted by Crippen LogP contribution is -2.33. The highest BCUT2D eigenvalue weighted by atomic mass is 32.2. The van der Waals surface area contributed by atoms with Crippen molar-refractivity contribution < 1.29 is 26.0 Å². The Morgan fingerprint density at radius 3 is 2.10 bits per heavy atom. The summed E-state index contributed by atoms with van der Waals surface area (Å²) in [5.41, 5.74) is 0. The number of nitrogens with one attached hydrogen (secondary N) is 2. The molecule has 1 aliphatic rings. The maximum atomic E-state index is 13.4. The van der Waals surface area contributed by atoms with Crippen molar-refractivity contribution in [1.29, 1.82) is 0 Å². The molecule has 0 unspecified atom stereocenters. The third kappa shape index (κ3) is 3.28. The third-order valence-corrected chi connectivity index (χ3v) is 4.25. The second kappa shape index (κ2) is 5.66. The van der Waals surface area contributed by atoms with E-state index in [2.05, 4.69) is 5.32 Å². The van der Waals surface area contributed by atoms with Gasteiger partial charge < -0.3 is 5.32 Å². The monoisotopic (exact) mass is 312 g/mol. The molecule has 1 aromatic carbocycles. The molecule has 2 N–H and O–H groups in total. The number of hydrogen-bond acceptors (Lipinski definition) is 3. The van der Waals surface area contributed by atoms with E-state index in [1.807, 2.05) is 4.72 Å². The Bertz CT molecular complexity index is 591. The van der Waals surface area contributed by atoms with Gasteiger partial charge in [-0.25, -0.2) is 30.7 Å². The van der Waals surface area contributed by atoms with Gasteiger partial charge >= 0.3 is 0 Å². The molecular formula is C11H12F4N2O2S. The molecule has 4 nitrogen and oxygen atoms in total. The third-order valence-electron chi connectivity index (χ3n) is 2.77. The number of benzene rings is 1. The summed E-state index contributed by atoms with van der Waals surface area (Å²) in [6.45, 7) is 0.112. The Hall–Kier alpha value is -1.19. The van der Waals surface area contributed by atoms with Crippen molar-refractivity contribution in [3.8, 4) is 0 Å². The van der Waals surface area contributed by atoms with Crippen LogP contribution in [-0.4, -0.2) is 27.5 Å². The summed E-state index contributed by atoms with van der Waals surface area (Å²) in [5, 5.41) is 2.97. The maximum absolute atomic E-state index is 13.4. The SMILES string of the molecule is O=S(=O)(NCCNC1CC1)c1c(F)c(F)cc(F)c1F. The topological polar surface area (TPSA) is 58.2 Å². The standard InChI is InChI=1S/C11H12F4N2O2S/c12-7-5-8(13)10(15)11(9(7)14)20(18,19)17-4-3-16-6-1-2-6/h5-6,16-17H,1-4H2. The first kappa shape index (κ1) is 15.2. The van der Waals surface area contributed by atoms with E-state index >= 15 is 0 Å². The first-order chi connectivity index (χ1) is 9.33. The average molecular weight is 312 g/mol. The molecule has 1 aliphatic carbocycles. The fourth-order valence-electron chi connectivity index (χ4n) is 1.61. The molecule has 1 aromatic rings. The van der Waals surface area contributed by atoms with Gasteiger partial charge in [0.1, 0.15) is 0 Å². The number of halogens is 4. The molecule has 0 saturated heterocycles. The van der Waals surface area contributed by atoms with Crippen LogP contribution in [0.15, 0.2) is 11.0 Å². The van der Waals surface area contributed by atoms with E-state index in [0.717, 1.165) is 12.8 Å². The van der Waals surface area contributed by atoms with Crippen molar-refractivity contribution in [2.45, 2.75) is 23.8 Å². The van der Waals surface area contributed by atoms with E-state index in [-0.39, 0.29) is 19.2 Å². The largest absolute Gasteiger partial charge is 0.313 e. The molecule has 0 aliphatic heterocycles. The van der Waals surface area contributed by atoms with Gasteiger partial charge in [0.15, 0.2) is 28.2 Å². The van der Waals surface area contributed by atoms with E-state index in [0.29, 0.717) is 6.04 Å². The zero-order chi connectivity index (χ0) is 14.9. The Balaban J connectivity index is 2.15. The molecule has 0 amide bonds. The fraction of sp³-hybridized carbons (Fsp3) is 0.455. The summed E-state index contributed by atoms with van der Waals surface area (Å²) in [4.78, 5) is -1.64. The van der Waals surface area contributed by atoms with Gasteiger partial charge in [-0.2, -0.15) is 0 Å². The van der Waals surface area contributed by atoms with Crippen molar-refractivity contribution in [1.82, 2.24) is 10.0 Å². The van der Waals surface area contributed by atoms with Crippen LogP contribution in [0.2, 0.25) is 0 Å². The smallest absolute Gasteiger partial charge is 0.246 e. The lowest BCUT2D eigenvalue weighted by molar-refractivity contribution is 0.418. The maximum Gasteiger partial charge on any atom is 0.246 e. The van der Waals surface area contributed by atoms with E-state index < -0.39 is 38.2 Å². The first-order valence-corrected chi connectivity index (χ1v) is 7.37. The minimum absolute atomic E-state index is 0.0433. The van der Waals surface area contributed by atoms with Gasteiger partial charge in [-0.15, -0.1) is 0 Å². The zero-order valence-corrected chi connectivity index (χ0v) is 11.0. The molecule has 0 heterocycles. The van der Waals surface area contributed by atoms with E-state index in [1.165, 1.54) is 0 Å². The highest BCUT2D eigenvalue weighted by Gasteiger charge is 2.29. The summed E-state index contributed by atoms with van der Waals surface area (Å²) in [7, 11) is -4.66. The van der Waals surface area contributed by atoms with Gasteiger partial charge in [0.2, 0.25) is 10.0 Å². The van der Waals surface area contributed by atoms with Crippen LogP contribution in [0.4, 0.5) is 17.6 Å². The van der Waals surface area contributed by atoms with Gasteiger partial charge in [0.25, 0.3) is 0 Å². The first-order valence-electron chi connectivity index (χ1n) is 5.89. The van der Waals surface area contributed by atoms with Crippen molar-refractivity contribution in [3.05, 3.63) is 29.3 Å². The summed E-state index contributed by atoms with van der Waals surface area (Å²) < 4.78 is 77.9. The van der Waals surface area contributed by atoms with Crippen LogP contribution in [0.25, 0.3) is 0 Å². The summed E-state index contributed by atoms with van der Waals surface area (Å²) in [6.07, 6.45) is 1.98. The summed E-state index contributed by atoms with van der Waals surface area (Å²) in [5.74, 6) is -7.40. The molecule has 2 rings (SSSR count). The molecule has 1 saturated carbocycles. The molecule has 0 bridgehead atoms. The van der Waals surface area contributed by atoms with Gasteiger partial charge in [-0.1, -0.05) is 0 Å². The normalized spacial score (nSPS) is 15.6. The van der Waals surface area contributed by atoms with E-state index in [9.17, 15) is 26.0 Å². The lowest BCUT2D eigenvalue weighted by Gasteiger charge is -2.10. The molecule has 0 spiro atoms. The van der Waals surface area contributed by atoms with Crippen LogP contribution in [0.3, 0.4) is 0 Å². The number of hydrogen-bond donors (Lipinski definition) is 2. The van der Waals surface area contributed by atoms with Crippen LogP contribution in [0.5, 0.6) is 0 Å². The Morgan fingerprint density at radius 1 is 1.05 bits per heavy atom. The zero-order valence-electron chi connectivity index (χ0n) is 10.2. The molecule has 9 heteroatoms. The highest BCUT2D eigenvalue weighted by Crippen LogP contribution is 2.23.